The molecular formula is C95H87F11O23S8. The Bertz CT molecular complexity index is 6110. The third-order valence-corrected chi connectivity index (χ3v) is 29.8. The van der Waals surface area contributed by atoms with Crippen LogP contribution in [-0.2, 0) is 111 Å². The van der Waals surface area contributed by atoms with Gasteiger partial charge >= 0.3 is 50.7 Å². The Morgan fingerprint density at radius 2 is 0.737 bits per heavy atom. The zero-order valence-corrected chi connectivity index (χ0v) is 79.0. The number of hydrogen-bond donors (Lipinski definition) is 1. The number of aliphatic hydroxyl groups is 1. The molecule has 730 valence electrons. The third kappa shape index (κ3) is 34.0. The van der Waals surface area contributed by atoms with Crippen molar-refractivity contribution in [1.82, 2.24) is 0 Å². The molecule has 2 unspecified atom stereocenters. The molecule has 23 nitrogen and oxygen atoms in total. The second-order valence-corrected chi connectivity index (χ2v) is 42.0. The van der Waals surface area contributed by atoms with Crippen LogP contribution in [0.5, 0.6) is 5.75 Å². The lowest BCUT2D eigenvalue weighted by Gasteiger charge is -2.28. The summed E-state index contributed by atoms with van der Waals surface area (Å²) in [5, 5.41) is -5.83. The minimum absolute atomic E-state index is 0.0146. The molecule has 0 saturated heterocycles. The van der Waals surface area contributed by atoms with Gasteiger partial charge in [-0.25, -0.2) is 52.8 Å². The van der Waals surface area contributed by atoms with Gasteiger partial charge in [-0.15, -0.1) is 0 Å². The number of carbonyl (C=O) groups excluding carboxylic acids is 3. The van der Waals surface area contributed by atoms with Gasteiger partial charge in [0.05, 0.1) is 96.9 Å². The molecule has 0 bridgehead atoms. The average molecular weight is 2060 g/mol. The summed E-state index contributed by atoms with van der Waals surface area (Å²) in [5.41, 5.74) is -4.20. The lowest BCUT2D eigenvalue weighted by molar-refractivity contribution is -0.261. The van der Waals surface area contributed by atoms with Crippen LogP contribution in [0.3, 0.4) is 0 Å². The highest BCUT2D eigenvalue weighted by Crippen LogP contribution is 2.42. The SMILES string of the molecule is C=C(COCC(F)(F)S(=O)(=O)[O-])C(=O)OC(C)CC(C)(O)C(F)(F)F.C=C(COCC(F)(F)S(=O)(=O)[O-])C(=O)OCC.C=C(COCCC(F)(F)C(F)(F)S(=O)(=O)[O-])C(=O)Oc1ccc2sc(=O)oc2c1.O=S(=O)(c1ccccc1)c1ccc([S+](c2ccccc2)c2ccccc2)cc1.c1ccc([S+](c2ccccc2)c2ccccc2)cc1.c1ccc([S+](c2ccccc2)c2ccccc2)cc1. The zero-order valence-electron chi connectivity index (χ0n) is 72.4. The molecule has 12 rings (SSSR count). The first kappa shape index (κ1) is 113. The fraction of sp³-hybridized carbons (Fsp3) is 0.200. The van der Waals surface area contributed by atoms with Crippen LogP contribution in [0.15, 0.2) is 415 Å². The monoisotopic (exact) mass is 2060 g/mol. The first-order chi connectivity index (χ1) is 64.3. The van der Waals surface area contributed by atoms with Crippen molar-refractivity contribution in [2.24, 2.45) is 0 Å². The Hall–Kier alpha value is -11.5. The molecule has 0 fully saturated rings. The molecule has 0 saturated carbocycles. The Morgan fingerprint density at radius 1 is 0.431 bits per heavy atom. The van der Waals surface area contributed by atoms with E-state index in [1.165, 1.54) is 64.3 Å². The first-order valence-corrected chi connectivity index (χ1v) is 50.1. The van der Waals surface area contributed by atoms with Crippen molar-refractivity contribution >= 4 is 112 Å². The van der Waals surface area contributed by atoms with Crippen LogP contribution < -0.4 is 9.68 Å². The van der Waals surface area contributed by atoms with Gasteiger partial charge in [-0.2, -0.15) is 48.3 Å². The second kappa shape index (κ2) is 51.3. The van der Waals surface area contributed by atoms with Crippen LogP contribution in [0.4, 0.5) is 48.3 Å². The summed E-state index contributed by atoms with van der Waals surface area (Å²) in [6.07, 6.45) is -9.17. The van der Waals surface area contributed by atoms with E-state index in [1.54, 1.807) is 36.4 Å². The third-order valence-electron chi connectivity index (χ3n) is 17.9. The molecule has 1 heterocycles. The molecule has 1 N–H and O–H groups in total. The minimum atomic E-state index is -6.58. The van der Waals surface area contributed by atoms with Crippen molar-refractivity contribution in [1.29, 1.82) is 0 Å². The van der Waals surface area contributed by atoms with E-state index < -0.39 is 161 Å². The van der Waals surface area contributed by atoms with Crippen LogP contribution in [0.1, 0.15) is 33.6 Å². The van der Waals surface area contributed by atoms with Gasteiger partial charge in [0, 0.05) is 18.9 Å². The predicted octanol–water partition coefficient (Wildman–Crippen LogP) is 19.3. The maximum Gasteiger partial charge on any atom is 0.417 e. The van der Waals surface area contributed by atoms with Crippen molar-refractivity contribution in [3.63, 3.8) is 0 Å². The number of benzene rings is 11. The van der Waals surface area contributed by atoms with Crippen molar-refractivity contribution in [2.45, 2.75) is 127 Å². The maximum absolute atomic E-state index is 13.2. The second-order valence-electron chi connectivity index (χ2n) is 28.5. The van der Waals surface area contributed by atoms with Gasteiger partial charge in [0.2, 0.25) is 9.84 Å². The highest BCUT2D eigenvalue weighted by atomic mass is 32.2. The largest absolute Gasteiger partial charge is 0.743 e. The average Bonchev–Trinajstić information content (AvgIpc) is 1.71. The Balaban J connectivity index is 0.000000226. The molecule has 1 aromatic heterocycles. The number of fused-ring (bicyclic) bond motifs is 1. The molecule has 0 aliphatic heterocycles. The van der Waals surface area contributed by atoms with E-state index in [9.17, 15) is 120 Å². The minimum Gasteiger partial charge on any atom is -0.743 e. The van der Waals surface area contributed by atoms with Gasteiger partial charge in [-0.05, 0) is 166 Å². The summed E-state index contributed by atoms with van der Waals surface area (Å²) in [6, 6.07) is 105. The van der Waals surface area contributed by atoms with E-state index in [-0.39, 0.29) is 61.8 Å². The lowest BCUT2D eigenvalue weighted by atomic mass is 9.98. The van der Waals surface area contributed by atoms with Gasteiger partial charge in [0.1, 0.15) is 25.1 Å². The fourth-order valence-corrected chi connectivity index (χ4v) is 20.3. The van der Waals surface area contributed by atoms with Gasteiger partial charge in [-0.3, -0.25) is 0 Å². The normalized spacial score (nSPS) is 12.6. The Kier molecular flexibility index (Phi) is 42.1. The smallest absolute Gasteiger partial charge is 0.417 e. The van der Waals surface area contributed by atoms with Crippen molar-refractivity contribution in [2.75, 3.05) is 46.2 Å². The summed E-state index contributed by atoms with van der Waals surface area (Å²) in [6.45, 7) is 5.79. The fourth-order valence-electron chi connectivity index (χ4n) is 11.1. The van der Waals surface area contributed by atoms with Crippen molar-refractivity contribution in [3.8, 4) is 5.75 Å². The number of alkyl halides is 11. The quantitative estimate of drug-likeness (QED) is 0.00725. The molecule has 2 atom stereocenters. The number of hydrogen-bond acceptors (Lipinski definition) is 24. The van der Waals surface area contributed by atoms with Crippen LogP contribution in [0, 0.1) is 0 Å². The summed E-state index contributed by atoms with van der Waals surface area (Å²) in [4.78, 5) is 57.1. The lowest BCUT2D eigenvalue weighted by Crippen LogP contribution is -2.47. The first-order valence-electron chi connectivity index (χ1n) is 39.9. The number of rotatable bonds is 36. The Morgan fingerprint density at radius 3 is 1.06 bits per heavy atom. The molecule has 11 aromatic carbocycles. The number of carbonyl (C=O) groups is 3. The number of halogens is 11. The van der Waals surface area contributed by atoms with Gasteiger partial charge < -0.3 is 51.6 Å². The molecule has 137 heavy (non-hydrogen) atoms. The van der Waals surface area contributed by atoms with Crippen molar-refractivity contribution < 1.29 is 148 Å². The number of esters is 3. The van der Waals surface area contributed by atoms with Crippen LogP contribution >= 0.6 is 11.3 Å². The topological polar surface area (TPSA) is 363 Å². The van der Waals surface area contributed by atoms with Gasteiger partial charge in [0.25, 0.3) is 0 Å². The van der Waals surface area contributed by atoms with E-state index in [2.05, 4.69) is 250 Å². The molecule has 0 spiro atoms. The molecule has 42 heteroatoms. The van der Waals surface area contributed by atoms with Crippen LogP contribution in [0.2, 0.25) is 0 Å². The summed E-state index contributed by atoms with van der Waals surface area (Å²) < 4.78 is 290. The molecule has 0 aliphatic rings. The van der Waals surface area contributed by atoms with Crippen molar-refractivity contribution in [3.05, 3.63) is 362 Å². The molecule has 0 aliphatic carbocycles. The summed E-state index contributed by atoms with van der Waals surface area (Å²) in [5.74, 6) is -8.38. The van der Waals surface area contributed by atoms with E-state index in [0.717, 1.165) is 23.2 Å². The van der Waals surface area contributed by atoms with Crippen LogP contribution in [-0.4, -0.2) is 156 Å². The van der Waals surface area contributed by atoms with Gasteiger partial charge in [-0.1, -0.05) is 195 Å². The zero-order chi connectivity index (χ0) is 101. The van der Waals surface area contributed by atoms with E-state index in [4.69, 9.17) is 9.15 Å². The van der Waals surface area contributed by atoms with E-state index >= 15 is 0 Å². The maximum atomic E-state index is 13.2. The number of sulfone groups is 1. The summed E-state index contributed by atoms with van der Waals surface area (Å²) in [7, 11) is -22.2. The standard InChI is InChI=1S/C24H19O2S2.2C18H15S.C15H12F4O8S2.C12H17F5O7S.C8H12F2O6S/c25-28(26,23-14-8-3-9-15-23)24-18-16-22(17-19-24)27(20-10-4-1-5-11-20)21-12-6-2-7-13-21;2*1-4-10-16(11-5-1)19(17-12-6-2-7-13-17)18-14-8-3-9-15-18;1-8(7-25-5-4-14(16,17)15(18,19)29(22,23)24)12(20)26-9-2-3-11-10(6-9)27-13(21)28-11;1-7(5-23-6-11(13,14)25(20,21)22)9(18)24-8(2)4-10(3,19)12(15,16)17;1-3-16-7(11)6(2)4-15-5-8(9,10)17(12,13)14/h1-19H;2*1-15H;2-3,6H,1,4-5,7H2,(H,22,23,24);8,19H,1,4-6H2,2-3H3,(H,20,21,22);2-5H2,1H3,(H,12,13,14)/q3*+1;;;/p-3. The highest BCUT2D eigenvalue weighted by molar-refractivity contribution is 7.97. The van der Waals surface area contributed by atoms with Gasteiger partial charge in [0.15, 0.2) is 85.6 Å². The molecule has 0 amide bonds. The van der Waals surface area contributed by atoms with E-state index in [0.29, 0.717) is 21.4 Å². The molecular weight excluding hydrogens is 1970 g/mol. The number of ether oxygens (including phenoxy) is 6. The Labute approximate surface area is 795 Å². The highest BCUT2D eigenvalue weighted by Gasteiger charge is 2.61. The van der Waals surface area contributed by atoms with E-state index in [1.807, 2.05) is 54.6 Å². The predicted molar refractivity (Wildman–Crippen MR) is 489 cm³/mol. The van der Waals surface area contributed by atoms with Crippen LogP contribution in [0.25, 0.3) is 10.3 Å². The molecule has 0 radical (unpaired) electrons. The summed E-state index contributed by atoms with van der Waals surface area (Å²) >= 11 is 0.833. The molecule has 12 aromatic rings.